The maximum absolute atomic E-state index is 5.01. The van der Waals surface area contributed by atoms with E-state index in [2.05, 4.69) is 34.5 Å². The fourth-order valence-corrected chi connectivity index (χ4v) is 1.39. The predicted octanol–water partition coefficient (Wildman–Crippen LogP) is 2.17. The number of aliphatic imine (C=N–C) groups is 1. The molecule has 6 heteroatoms. The highest BCUT2D eigenvalue weighted by Gasteiger charge is 2.00. The van der Waals surface area contributed by atoms with E-state index in [9.17, 15) is 0 Å². The number of pyridine rings is 1. The Hall–Kier alpha value is -1.05. The van der Waals surface area contributed by atoms with Crippen LogP contribution in [0, 0.1) is 0 Å². The molecule has 0 aromatic carbocycles. The molecule has 0 fully saturated rings. The second-order valence-electron chi connectivity index (χ2n) is 4.20. The normalized spacial score (nSPS) is 10.9. The molecular formula is C13H23IN4O. The van der Waals surface area contributed by atoms with Gasteiger partial charge in [0.1, 0.15) is 0 Å². The molecule has 0 bridgehead atoms. The lowest BCUT2D eigenvalue weighted by Crippen LogP contribution is -2.40. The van der Waals surface area contributed by atoms with Crippen LogP contribution in [-0.2, 0) is 6.54 Å². The monoisotopic (exact) mass is 378 g/mol. The van der Waals surface area contributed by atoms with Gasteiger partial charge in [-0.05, 0) is 26.3 Å². The van der Waals surface area contributed by atoms with Crippen LogP contribution in [0.2, 0.25) is 0 Å². The highest BCUT2D eigenvalue weighted by Crippen LogP contribution is 2.07. The number of aromatic nitrogens is 1. The number of hydrogen-bond donors (Lipinski definition) is 2. The van der Waals surface area contributed by atoms with Gasteiger partial charge in [0.25, 0.3) is 0 Å². The number of ether oxygens (including phenoxy) is 1. The molecule has 0 saturated carbocycles. The molecule has 0 amide bonds. The van der Waals surface area contributed by atoms with E-state index >= 15 is 0 Å². The Kier molecular flexibility index (Phi) is 9.28. The fraction of sp³-hybridized carbons (Fsp3) is 0.538. The summed E-state index contributed by atoms with van der Waals surface area (Å²) in [4.78, 5) is 8.64. The van der Waals surface area contributed by atoms with Crippen LogP contribution in [0.1, 0.15) is 26.3 Å². The van der Waals surface area contributed by atoms with Crippen LogP contribution in [-0.4, -0.2) is 30.6 Å². The van der Waals surface area contributed by atoms with Gasteiger partial charge in [-0.15, -0.1) is 24.0 Å². The average molecular weight is 378 g/mol. The Bertz CT molecular complexity index is 379. The number of nitrogens with zero attached hydrogens (tertiary/aromatic N) is 2. The highest BCUT2D eigenvalue weighted by molar-refractivity contribution is 14.0. The molecule has 108 valence electrons. The number of guanidine groups is 1. The minimum atomic E-state index is 0. The molecule has 19 heavy (non-hydrogen) atoms. The van der Waals surface area contributed by atoms with Crippen molar-refractivity contribution in [3.63, 3.8) is 0 Å². The summed E-state index contributed by atoms with van der Waals surface area (Å²) in [5, 5.41) is 6.47. The second kappa shape index (κ2) is 9.82. The van der Waals surface area contributed by atoms with Crippen molar-refractivity contribution in [2.24, 2.45) is 4.99 Å². The Morgan fingerprint density at radius 3 is 2.63 bits per heavy atom. The van der Waals surface area contributed by atoms with Gasteiger partial charge in [0, 0.05) is 24.8 Å². The van der Waals surface area contributed by atoms with Gasteiger partial charge in [0.15, 0.2) is 5.96 Å². The van der Waals surface area contributed by atoms with Crippen molar-refractivity contribution in [1.29, 1.82) is 0 Å². The number of methoxy groups -OCH3 is 1. The smallest absolute Gasteiger partial charge is 0.212 e. The van der Waals surface area contributed by atoms with Crippen LogP contribution in [0.25, 0.3) is 0 Å². The zero-order chi connectivity index (χ0) is 13.4. The third kappa shape index (κ3) is 7.19. The Morgan fingerprint density at radius 1 is 1.42 bits per heavy atom. The fourth-order valence-electron chi connectivity index (χ4n) is 1.39. The largest absolute Gasteiger partial charge is 0.481 e. The number of nitrogens with one attached hydrogen (secondary N) is 2. The van der Waals surface area contributed by atoms with Crippen molar-refractivity contribution in [2.75, 3.05) is 13.7 Å². The summed E-state index contributed by atoms with van der Waals surface area (Å²) in [6.07, 6.45) is 1.78. The molecule has 1 heterocycles. The Morgan fingerprint density at radius 2 is 2.16 bits per heavy atom. The van der Waals surface area contributed by atoms with Crippen molar-refractivity contribution in [3.05, 3.63) is 23.9 Å². The molecule has 0 aliphatic heterocycles. The van der Waals surface area contributed by atoms with Crippen molar-refractivity contribution < 1.29 is 4.74 Å². The van der Waals surface area contributed by atoms with E-state index in [1.807, 2.05) is 19.1 Å². The van der Waals surface area contributed by atoms with Crippen LogP contribution >= 0.6 is 24.0 Å². The summed E-state index contributed by atoms with van der Waals surface area (Å²) in [7, 11) is 1.61. The first-order valence-corrected chi connectivity index (χ1v) is 6.19. The summed E-state index contributed by atoms with van der Waals surface area (Å²) in [5.74, 6) is 1.44. The van der Waals surface area contributed by atoms with Gasteiger partial charge < -0.3 is 15.4 Å². The first-order chi connectivity index (χ1) is 8.65. The maximum Gasteiger partial charge on any atom is 0.212 e. The molecule has 0 unspecified atom stereocenters. The Balaban J connectivity index is 0.00000324. The minimum absolute atomic E-state index is 0. The number of rotatable bonds is 5. The van der Waals surface area contributed by atoms with Crippen LogP contribution in [0.4, 0.5) is 0 Å². The van der Waals surface area contributed by atoms with Gasteiger partial charge >= 0.3 is 0 Å². The predicted molar refractivity (Wildman–Crippen MR) is 89.3 cm³/mol. The molecule has 2 N–H and O–H groups in total. The Labute approximate surface area is 132 Å². The van der Waals surface area contributed by atoms with Crippen molar-refractivity contribution in [2.45, 2.75) is 33.4 Å². The lowest BCUT2D eigenvalue weighted by Gasteiger charge is -2.13. The third-order valence-electron chi connectivity index (χ3n) is 2.20. The molecule has 1 aromatic rings. The van der Waals surface area contributed by atoms with Gasteiger partial charge in [0.05, 0.1) is 13.7 Å². The first-order valence-electron chi connectivity index (χ1n) is 6.19. The van der Waals surface area contributed by atoms with Gasteiger partial charge in [-0.2, -0.15) is 0 Å². The SMILES string of the molecule is CCNC(=NCc1ccc(OC)nc1)NC(C)C.I. The lowest BCUT2D eigenvalue weighted by molar-refractivity contribution is 0.397. The molecule has 0 spiro atoms. The van der Waals surface area contributed by atoms with Gasteiger partial charge in [-0.25, -0.2) is 9.98 Å². The minimum Gasteiger partial charge on any atom is -0.481 e. The highest BCUT2D eigenvalue weighted by atomic mass is 127. The third-order valence-corrected chi connectivity index (χ3v) is 2.20. The average Bonchev–Trinajstić information content (AvgIpc) is 2.36. The molecule has 0 atom stereocenters. The van der Waals surface area contributed by atoms with E-state index < -0.39 is 0 Å². The number of halogens is 1. The van der Waals surface area contributed by atoms with E-state index in [-0.39, 0.29) is 24.0 Å². The summed E-state index contributed by atoms with van der Waals surface area (Å²) < 4.78 is 5.01. The van der Waals surface area contributed by atoms with Crippen LogP contribution in [0.15, 0.2) is 23.3 Å². The maximum atomic E-state index is 5.01. The molecule has 1 aromatic heterocycles. The van der Waals surface area contributed by atoms with Crippen molar-refractivity contribution >= 4 is 29.9 Å². The van der Waals surface area contributed by atoms with Crippen LogP contribution in [0.5, 0.6) is 5.88 Å². The van der Waals surface area contributed by atoms with Crippen LogP contribution < -0.4 is 15.4 Å². The van der Waals surface area contributed by atoms with E-state index in [0.717, 1.165) is 18.1 Å². The van der Waals surface area contributed by atoms with E-state index in [1.165, 1.54) is 0 Å². The first kappa shape index (κ1) is 17.9. The molecule has 5 nitrogen and oxygen atoms in total. The topological polar surface area (TPSA) is 58.5 Å². The molecule has 0 aliphatic carbocycles. The molecule has 0 saturated heterocycles. The zero-order valence-electron chi connectivity index (χ0n) is 11.9. The summed E-state index contributed by atoms with van der Waals surface area (Å²) in [6, 6.07) is 4.17. The van der Waals surface area contributed by atoms with E-state index in [4.69, 9.17) is 4.74 Å². The molecule has 1 rings (SSSR count). The van der Waals surface area contributed by atoms with Crippen LogP contribution in [0.3, 0.4) is 0 Å². The van der Waals surface area contributed by atoms with Gasteiger partial charge in [-0.1, -0.05) is 6.07 Å². The quantitative estimate of drug-likeness (QED) is 0.469. The summed E-state index contributed by atoms with van der Waals surface area (Å²) in [5.41, 5.74) is 1.05. The number of hydrogen-bond acceptors (Lipinski definition) is 3. The zero-order valence-corrected chi connectivity index (χ0v) is 14.3. The van der Waals surface area contributed by atoms with Gasteiger partial charge in [0.2, 0.25) is 5.88 Å². The molecular weight excluding hydrogens is 355 g/mol. The van der Waals surface area contributed by atoms with Crippen molar-refractivity contribution in [1.82, 2.24) is 15.6 Å². The second-order valence-corrected chi connectivity index (χ2v) is 4.20. The standard InChI is InChI=1S/C13H22N4O.HI/c1-5-14-13(17-10(2)3)16-9-11-6-7-12(18-4)15-8-11;/h6-8,10H,5,9H2,1-4H3,(H2,14,16,17);1H. The molecule has 0 radical (unpaired) electrons. The van der Waals surface area contributed by atoms with E-state index in [0.29, 0.717) is 18.5 Å². The summed E-state index contributed by atoms with van der Waals surface area (Å²) >= 11 is 0. The summed E-state index contributed by atoms with van der Waals surface area (Å²) in [6.45, 7) is 7.66. The lowest BCUT2D eigenvalue weighted by atomic mass is 10.3. The van der Waals surface area contributed by atoms with Gasteiger partial charge in [-0.3, -0.25) is 0 Å². The molecule has 0 aliphatic rings. The van der Waals surface area contributed by atoms with Crippen molar-refractivity contribution in [3.8, 4) is 5.88 Å². The van der Waals surface area contributed by atoms with E-state index in [1.54, 1.807) is 13.3 Å².